The van der Waals surface area contributed by atoms with Crippen molar-refractivity contribution in [2.45, 2.75) is 24.7 Å². The van der Waals surface area contributed by atoms with Gasteiger partial charge in [0.05, 0.1) is 0 Å². The minimum absolute atomic E-state index is 0.0958. The number of nitrogens with one attached hydrogen (secondary N) is 2. The lowest BCUT2D eigenvalue weighted by molar-refractivity contribution is 0.222. The lowest BCUT2D eigenvalue weighted by Gasteiger charge is -2.42. The van der Waals surface area contributed by atoms with E-state index in [9.17, 15) is 4.79 Å². The van der Waals surface area contributed by atoms with Crippen molar-refractivity contribution in [3.63, 3.8) is 0 Å². The van der Waals surface area contributed by atoms with Crippen molar-refractivity contribution in [2.24, 2.45) is 0 Å². The predicted molar refractivity (Wildman–Crippen MR) is 90.4 cm³/mol. The second-order valence-electron chi connectivity index (χ2n) is 5.81. The molecule has 2 aromatic rings. The van der Waals surface area contributed by atoms with Gasteiger partial charge in [-0.1, -0.05) is 48.4 Å². The number of hydrogen-bond acceptors (Lipinski definition) is 1. The normalized spacial score (nSPS) is 15.7. The van der Waals surface area contributed by atoms with Crippen LogP contribution in [0.3, 0.4) is 0 Å². The summed E-state index contributed by atoms with van der Waals surface area (Å²) in [6, 6.07) is 17.4. The highest BCUT2D eigenvalue weighted by molar-refractivity contribution is 6.30. The van der Waals surface area contributed by atoms with Crippen molar-refractivity contribution >= 4 is 23.3 Å². The number of urea groups is 1. The Balaban J connectivity index is 1.59. The zero-order valence-corrected chi connectivity index (χ0v) is 13.1. The number of halogens is 1. The van der Waals surface area contributed by atoms with Crippen molar-refractivity contribution in [3.05, 3.63) is 65.2 Å². The molecule has 0 atom stereocenters. The molecule has 0 radical (unpaired) electrons. The zero-order chi connectivity index (χ0) is 15.4. The third-order valence-electron chi connectivity index (χ3n) is 4.39. The second kappa shape index (κ2) is 6.41. The molecule has 114 valence electrons. The number of carbonyl (C=O) groups excluding carboxylic acids is 1. The lowest BCUT2D eigenvalue weighted by atomic mass is 9.64. The summed E-state index contributed by atoms with van der Waals surface area (Å²) >= 11 is 5.84. The van der Waals surface area contributed by atoms with Gasteiger partial charge in [-0.3, -0.25) is 0 Å². The molecule has 3 nitrogen and oxygen atoms in total. The highest BCUT2D eigenvalue weighted by Crippen LogP contribution is 2.43. The summed E-state index contributed by atoms with van der Waals surface area (Å²) in [7, 11) is 0. The van der Waals surface area contributed by atoms with E-state index in [-0.39, 0.29) is 11.4 Å². The number of benzene rings is 2. The maximum absolute atomic E-state index is 12.1. The van der Waals surface area contributed by atoms with Crippen molar-refractivity contribution in [2.75, 3.05) is 11.9 Å². The Hall–Kier alpha value is -2.00. The Labute approximate surface area is 135 Å². The summed E-state index contributed by atoms with van der Waals surface area (Å²) in [6.45, 7) is 0.663. The first-order valence-electron chi connectivity index (χ1n) is 7.54. The van der Waals surface area contributed by atoms with Gasteiger partial charge < -0.3 is 10.6 Å². The third kappa shape index (κ3) is 3.25. The van der Waals surface area contributed by atoms with E-state index in [1.165, 1.54) is 12.0 Å². The molecule has 22 heavy (non-hydrogen) atoms. The van der Waals surface area contributed by atoms with Gasteiger partial charge in [-0.2, -0.15) is 0 Å². The lowest BCUT2D eigenvalue weighted by Crippen LogP contribution is -2.46. The molecule has 0 heterocycles. The van der Waals surface area contributed by atoms with Crippen molar-refractivity contribution in [3.8, 4) is 0 Å². The molecule has 0 unspecified atom stereocenters. The topological polar surface area (TPSA) is 41.1 Å². The van der Waals surface area contributed by atoms with Crippen LogP contribution in [0, 0.1) is 0 Å². The number of amides is 2. The number of rotatable bonds is 4. The van der Waals surface area contributed by atoms with E-state index in [0.29, 0.717) is 11.6 Å². The Morgan fingerprint density at radius 3 is 2.32 bits per heavy atom. The first kappa shape index (κ1) is 14.9. The maximum Gasteiger partial charge on any atom is 0.319 e. The van der Waals surface area contributed by atoms with Gasteiger partial charge >= 0.3 is 6.03 Å². The van der Waals surface area contributed by atoms with Crippen LogP contribution >= 0.6 is 11.6 Å². The summed E-state index contributed by atoms with van der Waals surface area (Å²) in [5.74, 6) is 0. The van der Waals surface area contributed by atoms with Gasteiger partial charge in [0.2, 0.25) is 0 Å². The molecule has 4 heteroatoms. The Bertz CT molecular complexity index is 636. The standard InChI is InChI=1S/C18H19ClN2O/c19-15-7-9-16(10-8-15)21-17(22)20-13-18(11-4-12-18)14-5-2-1-3-6-14/h1-3,5-10H,4,11-13H2,(H2,20,21,22). The average Bonchev–Trinajstić information content (AvgIpc) is 2.50. The Morgan fingerprint density at radius 2 is 1.73 bits per heavy atom. The van der Waals surface area contributed by atoms with Crippen LogP contribution in [0.5, 0.6) is 0 Å². The van der Waals surface area contributed by atoms with Gasteiger partial charge in [0.25, 0.3) is 0 Å². The summed E-state index contributed by atoms with van der Waals surface area (Å²) in [5.41, 5.74) is 2.15. The van der Waals surface area contributed by atoms with Crippen LogP contribution in [0.15, 0.2) is 54.6 Å². The van der Waals surface area contributed by atoms with Crippen LogP contribution in [0.4, 0.5) is 10.5 Å². The Kier molecular flexibility index (Phi) is 4.34. The molecule has 0 spiro atoms. The molecule has 1 aliphatic rings. The minimum atomic E-state index is -0.176. The van der Waals surface area contributed by atoms with Crippen LogP contribution in [0.25, 0.3) is 0 Å². The van der Waals surface area contributed by atoms with Gasteiger partial charge in [0.15, 0.2) is 0 Å². The number of anilines is 1. The largest absolute Gasteiger partial charge is 0.337 e. The molecule has 2 N–H and O–H groups in total. The number of carbonyl (C=O) groups is 1. The van der Waals surface area contributed by atoms with Crippen LogP contribution in [0.1, 0.15) is 24.8 Å². The first-order valence-corrected chi connectivity index (χ1v) is 7.92. The summed E-state index contributed by atoms with van der Waals surface area (Å²) in [4.78, 5) is 12.1. The zero-order valence-electron chi connectivity index (χ0n) is 12.3. The van der Waals surface area contributed by atoms with Gasteiger partial charge in [-0.15, -0.1) is 0 Å². The molecule has 1 aliphatic carbocycles. The summed E-state index contributed by atoms with van der Waals surface area (Å²) in [5, 5.41) is 6.49. The second-order valence-corrected chi connectivity index (χ2v) is 6.25. The van der Waals surface area contributed by atoms with Gasteiger partial charge in [0.1, 0.15) is 0 Å². The fourth-order valence-corrected chi connectivity index (χ4v) is 3.05. The molecule has 3 rings (SSSR count). The quantitative estimate of drug-likeness (QED) is 0.852. The van der Waals surface area contributed by atoms with Crippen LogP contribution in [-0.4, -0.2) is 12.6 Å². The molecule has 0 saturated heterocycles. The smallest absolute Gasteiger partial charge is 0.319 e. The summed E-state index contributed by atoms with van der Waals surface area (Å²) < 4.78 is 0. The predicted octanol–water partition coefficient (Wildman–Crippen LogP) is 4.58. The van der Waals surface area contributed by atoms with E-state index >= 15 is 0 Å². The Morgan fingerprint density at radius 1 is 1.05 bits per heavy atom. The molecular formula is C18H19ClN2O. The third-order valence-corrected chi connectivity index (χ3v) is 4.64. The monoisotopic (exact) mass is 314 g/mol. The van der Waals surface area contributed by atoms with Crippen LogP contribution in [0.2, 0.25) is 5.02 Å². The SMILES string of the molecule is O=C(NCC1(c2ccccc2)CCC1)Nc1ccc(Cl)cc1. The molecule has 2 amide bonds. The number of hydrogen-bond donors (Lipinski definition) is 2. The van der Waals surface area contributed by atoms with E-state index < -0.39 is 0 Å². The molecule has 0 aromatic heterocycles. The highest BCUT2D eigenvalue weighted by atomic mass is 35.5. The van der Waals surface area contributed by atoms with E-state index in [0.717, 1.165) is 18.5 Å². The first-order chi connectivity index (χ1) is 10.7. The van der Waals surface area contributed by atoms with Crippen molar-refractivity contribution in [1.82, 2.24) is 5.32 Å². The molecule has 2 aromatic carbocycles. The van der Waals surface area contributed by atoms with E-state index in [2.05, 4.69) is 34.9 Å². The van der Waals surface area contributed by atoms with E-state index in [4.69, 9.17) is 11.6 Å². The van der Waals surface area contributed by atoms with E-state index in [1.807, 2.05) is 6.07 Å². The molecular weight excluding hydrogens is 296 g/mol. The van der Waals surface area contributed by atoms with Gasteiger partial charge in [-0.05, 0) is 42.7 Å². The van der Waals surface area contributed by atoms with Crippen LogP contribution < -0.4 is 10.6 Å². The van der Waals surface area contributed by atoms with Crippen LogP contribution in [-0.2, 0) is 5.41 Å². The maximum atomic E-state index is 12.1. The van der Waals surface area contributed by atoms with Gasteiger partial charge in [-0.25, -0.2) is 4.79 Å². The fourth-order valence-electron chi connectivity index (χ4n) is 2.92. The molecule has 0 bridgehead atoms. The molecule has 0 aliphatic heterocycles. The molecule has 1 saturated carbocycles. The fraction of sp³-hybridized carbons (Fsp3) is 0.278. The summed E-state index contributed by atoms with van der Waals surface area (Å²) in [6.07, 6.45) is 3.46. The molecule has 1 fully saturated rings. The van der Waals surface area contributed by atoms with Gasteiger partial charge in [0, 0.05) is 22.7 Å². The average molecular weight is 315 g/mol. The highest BCUT2D eigenvalue weighted by Gasteiger charge is 2.38. The van der Waals surface area contributed by atoms with Crippen molar-refractivity contribution in [1.29, 1.82) is 0 Å². The van der Waals surface area contributed by atoms with E-state index in [1.54, 1.807) is 24.3 Å². The minimum Gasteiger partial charge on any atom is -0.337 e. The van der Waals surface area contributed by atoms with Crippen molar-refractivity contribution < 1.29 is 4.79 Å².